The van der Waals surface area contributed by atoms with Crippen molar-refractivity contribution in [3.8, 4) is 0 Å². The van der Waals surface area contributed by atoms with Crippen LogP contribution in [0.5, 0.6) is 0 Å². The van der Waals surface area contributed by atoms with Crippen LogP contribution >= 0.6 is 27.3 Å². The number of thiophene rings is 1. The average molecular weight is 363 g/mol. The number of hydrogen-bond acceptors (Lipinski definition) is 5. The maximum atomic E-state index is 4.59. The molecule has 2 heterocycles. The number of fused-ring (bicyclic) bond motifs is 1. The van der Waals surface area contributed by atoms with E-state index in [1.807, 2.05) is 31.2 Å². The van der Waals surface area contributed by atoms with Gasteiger partial charge in [-0.25, -0.2) is 4.98 Å². The Morgan fingerprint density at radius 3 is 2.86 bits per heavy atom. The highest BCUT2D eigenvalue weighted by molar-refractivity contribution is 9.10. The van der Waals surface area contributed by atoms with Gasteiger partial charge in [-0.1, -0.05) is 22.0 Å². The summed E-state index contributed by atoms with van der Waals surface area (Å²) in [6.45, 7) is 4.92. The van der Waals surface area contributed by atoms with E-state index in [0.29, 0.717) is 5.95 Å². The molecular weight excluding hydrogens is 348 g/mol. The van der Waals surface area contributed by atoms with Crippen LogP contribution in [0.2, 0.25) is 0 Å². The Balaban J connectivity index is 2.06. The normalized spacial score (nSPS) is 10.8. The number of anilines is 3. The van der Waals surface area contributed by atoms with Gasteiger partial charge in [-0.3, -0.25) is 0 Å². The lowest BCUT2D eigenvalue weighted by molar-refractivity contribution is 1.11. The number of hydrogen-bond donors (Lipinski definition) is 2. The number of nitrogens with one attached hydrogen (secondary N) is 2. The van der Waals surface area contributed by atoms with E-state index in [4.69, 9.17) is 0 Å². The van der Waals surface area contributed by atoms with Crippen LogP contribution in [0.3, 0.4) is 0 Å². The van der Waals surface area contributed by atoms with Crippen LogP contribution in [0.1, 0.15) is 11.8 Å². The zero-order valence-electron chi connectivity index (χ0n) is 11.8. The first-order chi connectivity index (χ1) is 10.2. The van der Waals surface area contributed by atoms with Gasteiger partial charge >= 0.3 is 0 Å². The Labute approximate surface area is 135 Å². The maximum Gasteiger partial charge on any atom is 0.226 e. The number of aryl methyl sites for hydroxylation is 1. The molecule has 0 aliphatic carbocycles. The Kier molecular flexibility index (Phi) is 4.07. The summed E-state index contributed by atoms with van der Waals surface area (Å²) >= 11 is 5.17. The van der Waals surface area contributed by atoms with Crippen molar-refractivity contribution >= 4 is 54.9 Å². The van der Waals surface area contributed by atoms with Gasteiger partial charge in [-0.05, 0) is 38.1 Å². The molecule has 0 aliphatic rings. The van der Waals surface area contributed by atoms with Gasteiger partial charge in [0.2, 0.25) is 5.95 Å². The second kappa shape index (κ2) is 5.99. The minimum atomic E-state index is 0.657. The summed E-state index contributed by atoms with van der Waals surface area (Å²) in [7, 11) is 0. The fourth-order valence-corrected chi connectivity index (χ4v) is 3.36. The lowest BCUT2D eigenvalue weighted by Crippen LogP contribution is -2.04. The van der Waals surface area contributed by atoms with E-state index in [-0.39, 0.29) is 0 Å². The summed E-state index contributed by atoms with van der Waals surface area (Å²) in [5.41, 5.74) is 0.996. The fourth-order valence-electron chi connectivity index (χ4n) is 2.08. The van der Waals surface area contributed by atoms with Crippen LogP contribution in [0.15, 0.2) is 34.8 Å². The summed E-state index contributed by atoms with van der Waals surface area (Å²) < 4.78 is 1.03. The molecule has 0 saturated carbocycles. The molecule has 0 spiro atoms. The summed E-state index contributed by atoms with van der Waals surface area (Å²) in [6.07, 6.45) is 0. The van der Waals surface area contributed by atoms with Crippen LogP contribution < -0.4 is 10.6 Å². The molecule has 0 saturated heterocycles. The Morgan fingerprint density at radius 1 is 1.24 bits per heavy atom. The molecule has 1 aromatic carbocycles. The predicted molar refractivity (Wildman–Crippen MR) is 93.7 cm³/mol. The first-order valence-electron chi connectivity index (χ1n) is 6.70. The zero-order chi connectivity index (χ0) is 14.8. The summed E-state index contributed by atoms with van der Waals surface area (Å²) in [6, 6.07) is 10.2. The largest absolute Gasteiger partial charge is 0.354 e. The zero-order valence-corrected chi connectivity index (χ0v) is 14.2. The second-order valence-electron chi connectivity index (χ2n) is 4.64. The van der Waals surface area contributed by atoms with Crippen LogP contribution in [0.25, 0.3) is 10.2 Å². The highest BCUT2D eigenvalue weighted by Gasteiger charge is 2.10. The molecule has 0 atom stereocenters. The third-order valence-corrected chi connectivity index (χ3v) is 4.38. The molecule has 21 heavy (non-hydrogen) atoms. The number of nitrogens with zero attached hydrogens (tertiary/aromatic N) is 2. The molecule has 3 rings (SSSR count). The summed E-state index contributed by atoms with van der Waals surface area (Å²) in [4.78, 5) is 11.4. The average Bonchev–Trinajstić information content (AvgIpc) is 2.80. The highest BCUT2D eigenvalue weighted by Crippen LogP contribution is 2.31. The van der Waals surface area contributed by atoms with Crippen LogP contribution in [-0.2, 0) is 0 Å². The Hall–Kier alpha value is -1.66. The van der Waals surface area contributed by atoms with Gasteiger partial charge in [0.25, 0.3) is 0 Å². The van der Waals surface area contributed by atoms with Crippen molar-refractivity contribution in [1.82, 2.24) is 9.97 Å². The smallest absolute Gasteiger partial charge is 0.226 e. The van der Waals surface area contributed by atoms with Gasteiger partial charge in [-0.15, -0.1) is 11.3 Å². The standard InChI is InChI=1S/C15H15BrN4S/c1-3-17-15-19-13(12-7-9(2)21-14(12)20-15)18-11-6-4-5-10(16)8-11/h4-8H,3H2,1-2H3,(H2,17,18,19,20). The topological polar surface area (TPSA) is 49.8 Å². The van der Waals surface area contributed by atoms with Gasteiger partial charge in [0.1, 0.15) is 10.6 Å². The summed E-state index contributed by atoms with van der Waals surface area (Å²) in [5.74, 6) is 1.49. The van der Waals surface area contributed by atoms with E-state index in [1.165, 1.54) is 4.88 Å². The molecular formula is C15H15BrN4S. The molecule has 0 aliphatic heterocycles. The maximum absolute atomic E-state index is 4.59. The molecule has 0 amide bonds. The number of halogens is 1. The van der Waals surface area contributed by atoms with E-state index in [2.05, 4.69) is 49.5 Å². The fraction of sp³-hybridized carbons (Fsp3) is 0.200. The molecule has 0 fully saturated rings. The van der Waals surface area contributed by atoms with E-state index in [0.717, 1.165) is 32.7 Å². The third-order valence-electron chi connectivity index (χ3n) is 2.94. The van der Waals surface area contributed by atoms with Gasteiger partial charge in [0.15, 0.2) is 0 Å². The molecule has 4 nitrogen and oxygen atoms in total. The first-order valence-corrected chi connectivity index (χ1v) is 8.31. The molecule has 0 radical (unpaired) electrons. The highest BCUT2D eigenvalue weighted by atomic mass is 79.9. The molecule has 0 bridgehead atoms. The Bertz CT molecular complexity index is 784. The lowest BCUT2D eigenvalue weighted by Gasteiger charge is -2.09. The van der Waals surface area contributed by atoms with Crippen LogP contribution in [0, 0.1) is 6.92 Å². The van der Waals surface area contributed by atoms with Crippen molar-refractivity contribution in [2.75, 3.05) is 17.2 Å². The van der Waals surface area contributed by atoms with Crippen LogP contribution in [-0.4, -0.2) is 16.5 Å². The van der Waals surface area contributed by atoms with Crippen molar-refractivity contribution < 1.29 is 0 Å². The van der Waals surface area contributed by atoms with Crippen molar-refractivity contribution in [2.45, 2.75) is 13.8 Å². The molecule has 2 aromatic heterocycles. The third kappa shape index (κ3) is 3.16. The molecule has 108 valence electrons. The van der Waals surface area contributed by atoms with E-state index in [1.54, 1.807) is 11.3 Å². The lowest BCUT2D eigenvalue weighted by atomic mass is 10.3. The predicted octanol–water partition coefficient (Wildman–Crippen LogP) is 4.94. The SMILES string of the molecule is CCNc1nc(Nc2cccc(Br)c2)c2cc(C)sc2n1. The van der Waals surface area contributed by atoms with Crippen LogP contribution in [0.4, 0.5) is 17.5 Å². The monoisotopic (exact) mass is 362 g/mol. The quantitative estimate of drug-likeness (QED) is 0.690. The number of benzene rings is 1. The van der Waals surface area contributed by atoms with Gasteiger partial charge in [0.05, 0.1) is 5.39 Å². The van der Waals surface area contributed by atoms with Gasteiger partial charge < -0.3 is 10.6 Å². The second-order valence-corrected chi connectivity index (χ2v) is 6.79. The van der Waals surface area contributed by atoms with E-state index >= 15 is 0 Å². The first kappa shape index (κ1) is 14.3. The minimum absolute atomic E-state index is 0.657. The minimum Gasteiger partial charge on any atom is -0.354 e. The van der Waals surface area contributed by atoms with Gasteiger partial charge in [0, 0.05) is 21.6 Å². The molecule has 6 heteroatoms. The summed E-state index contributed by atoms with van der Waals surface area (Å²) in [5, 5.41) is 7.62. The number of aromatic nitrogens is 2. The number of rotatable bonds is 4. The van der Waals surface area contributed by atoms with Gasteiger partial charge in [-0.2, -0.15) is 4.98 Å². The van der Waals surface area contributed by atoms with E-state index in [9.17, 15) is 0 Å². The van der Waals surface area contributed by atoms with Crippen molar-refractivity contribution in [3.05, 3.63) is 39.7 Å². The molecule has 0 unspecified atom stereocenters. The molecule has 2 N–H and O–H groups in total. The molecule has 3 aromatic rings. The van der Waals surface area contributed by atoms with E-state index < -0.39 is 0 Å². The van der Waals surface area contributed by atoms with Crippen molar-refractivity contribution in [2.24, 2.45) is 0 Å². The van der Waals surface area contributed by atoms with Crippen molar-refractivity contribution in [1.29, 1.82) is 0 Å². The Morgan fingerprint density at radius 2 is 2.10 bits per heavy atom. The van der Waals surface area contributed by atoms with Crippen molar-refractivity contribution in [3.63, 3.8) is 0 Å².